The number of amides is 1. The van der Waals surface area contributed by atoms with Crippen molar-refractivity contribution in [2.24, 2.45) is 0 Å². The Morgan fingerprint density at radius 3 is 2.68 bits per heavy atom. The summed E-state index contributed by atoms with van der Waals surface area (Å²) in [6.45, 7) is 3.71. The van der Waals surface area contributed by atoms with Crippen LogP contribution in [-0.4, -0.2) is 36.8 Å². The fourth-order valence-corrected chi connectivity index (χ4v) is 4.97. The second-order valence-corrected chi connectivity index (χ2v) is 7.36. The molecule has 0 spiro atoms. The number of hydrogen-bond donors (Lipinski definition) is 1. The van der Waals surface area contributed by atoms with E-state index < -0.39 is 10.0 Å². The van der Waals surface area contributed by atoms with Gasteiger partial charge in [0.2, 0.25) is 15.9 Å². The van der Waals surface area contributed by atoms with Crippen LogP contribution >= 0.6 is 11.8 Å². The van der Waals surface area contributed by atoms with E-state index in [1.165, 1.54) is 11.2 Å². The maximum absolute atomic E-state index is 12.4. The van der Waals surface area contributed by atoms with Gasteiger partial charge in [0.15, 0.2) is 0 Å². The summed E-state index contributed by atoms with van der Waals surface area (Å²) >= 11 is 1.61. The van der Waals surface area contributed by atoms with Crippen LogP contribution in [0.5, 0.6) is 0 Å². The molecule has 2 rings (SSSR count). The first-order valence-electron chi connectivity index (χ1n) is 5.87. The van der Waals surface area contributed by atoms with E-state index in [0.717, 1.165) is 5.75 Å². The molecule has 0 atom stereocenters. The Bertz CT molecular complexity index is 593. The van der Waals surface area contributed by atoms with Crippen LogP contribution in [-0.2, 0) is 14.8 Å². The largest absolute Gasteiger partial charge is 0.326 e. The Morgan fingerprint density at radius 2 is 2.16 bits per heavy atom. The fraction of sp³-hybridized carbons (Fsp3) is 0.417. The average Bonchev–Trinajstić information content (AvgIpc) is 2.81. The van der Waals surface area contributed by atoms with Crippen molar-refractivity contribution in [3.63, 3.8) is 0 Å². The minimum atomic E-state index is -3.41. The highest BCUT2D eigenvalue weighted by atomic mass is 32.2. The van der Waals surface area contributed by atoms with E-state index in [9.17, 15) is 13.2 Å². The Kier molecular flexibility index (Phi) is 4.17. The lowest BCUT2D eigenvalue weighted by atomic mass is 10.2. The predicted octanol–water partition coefficient (Wildman–Crippen LogP) is 1.65. The van der Waals surface area contributed by atoms with Gasteiger partial charge in [-0.1, -0.05) is 0 Å². The van der Waals surface area contributed by atoms with E-state index >= 15 is 0 Å². The van der Waals surface area contributed by atoms with E-state index in [-0.39, 0.29) is 5.91 Å². The summed E-state index contributed by atoms with van der Waals surface area (Å²) in [7, 11) is -3.41. The van der Waals surface area contributed by atoms with Gasteiger partial charge < -0.3 is 5.32 Å². The van der Waals surface area contributed by atoms with Crippen molar-refractivity contribution in [1.29, 1.82) is 0 Å². The van der Waals surface area contributed by atoms with Crippen LogP contribution in [0.2, 0.25) is 0 Å². The van der Waals surface area contributed by atoms with Gasteiger partial charge in [-0.3, -0.25) is 4.79 Å². The summed E-state index contributed by atoms with van der Waals surface area (Å²) in [4.78, 5) is 11.3. The molecule has 0 aliphatic carbocycles. The van der Waals surface area contributed by atoms with Gasteiger partial charge in [-0.25, -0.2) is 8.42 Å². The molecule has 0 aromatic heterocycles. The summed E-state index contributed by atoms with van der Waals surface area (Å²) in [5, 5.41) is 2.64. The first-order chi connectivity index (χ1) is 8.91. The molecule has 7 heteroatoms. The first-order valence-corrected chi connectivity index (χ1v) is 8.47. The smallest absolute Gasteiger partial charge is 0.244 e. The third kappa shape index (κ3) is 3.10. The van der Waals surface area contributed by atoms with Crippen molar-refractivity contribution in [3.05, 3.63) is 23.8 Å². The second kappa shape index (κ2) is 5.52. The summed E-state index contributed by atoms with van der Waals surface area (Å²) in [6, 6.07) is 4.85. The number of hydrogen-bond acceptors (Lipinski definition) is 4. The molecule has 1 amide bonds. The fourth-order valence-electron chi connectivity index (χ4n) is 1.95. The molecule has 1 aromatic carbocycles. The molecule has 1 aromatic rings. The lowest BCUT2D eigenvalue weighted by molar-refractivity contribution is -0.114. The quantitative estimate of drug-likeness (QED) is 0.921. The minimum Gasteiger partial charge on any atom is -0.326 e. The molecular weight excluding hydrogens is 284 g/mol. The van der Waals surface area contributed by atoms with Gasteiger partial charge in [-0.15, -0.1) is 11.8 Å². The van der Waals surface area contributed by atoms with E-state index in [1.54, 1.807) is 36.9 Å². The van der Waals surface area contributed by atoms with Crippen LogP contribution in [0, 0.1) is 6.92 Å². The van der Waals surface area contributed by atoms with Crippen LogP contribution < -0.4 is 5.32 Å². The van der Waals surface area contributed by atoms with Crippen LogP contribution in [0.4, 0.5) is 5.69 Å². The van der Waals surface area contributed by atoms with Gasteiger partial charge >= 0.3 is 0 Å². The molecular formula is C12H16N2O3S2. The molecule has 1 fully saturated rings. The minimum absolute atomic E-state index is 0.175. The molecule has 1 aliphatic heterocycles. The normalized spacial score (nSPS) is 16.5. The topological polar surface area (TPSA) is 66.5 Å². The average molecular weight is 300 g/mol. The number of nitrogens with one attached hydrogen (secondary N) is 1. The van der Waals surface area contributed by atoms with Crippen molar-refractivity contribution in [3.8, 4) is 0 Å². The summed E-state index contributed by atoms with van der Waals surface area (Å²) in [5.74, 6) is 1.17. The van der Waals surface area contributed by atoms with Crippen molar-refractivity contribution in [2.75, 3.05) is 23.5 Å². The lowest BCUT2D eigenvalue weighted by Crippen LogP contribution is -2.28. The maximum Gasteiger partial charge on any atom is 0.244 e. The SMILES string of the molecule is CC(=O)Nc1ccc(S(=O)(=O)N2CCSC2)c(C)c1. The van der Waals surface area contributed by atoms with Crippen molar-refractivity contribution >= 4 is 33.4 Å². The van der Waals surface area contributed by atoms with Gasteiger partial charge in [0, 0.05) is 24.9 Å². The number of sulfonamides is 1. The predicted molar refractivity (Wildman–Crippen MR) is 76.7 cm³/mol. The standard InChI is InChI=1S/C12H16N2O3S2/c1-9-7-11(13-10(2)15)3-4-12(9)19(16,17)14-5-6-18-8-14/h3-4,7H,5-6,8H2,1-2H3,(H,13,15). The number of anilines is 1. The zero-order valence-electron chi connectivity index (χ0n) is 10.8. The number of carbonyl (C=O) groups is 1. The number of rotatable bonds is 3. The summed E-state index contributed by atoms with van der Waals surface area (Å²) < 4.78 is 26.3. The molecule has 0 radical (unpaired) electrons. The number of aryl methyl sites for hydroxylation is 1. The van der Waals surface area contributed by atoms with Crippen molar-refractivity contribution in [1.82, 2.24) is 4.31 Å². The molecule has 1 N–H and O–H groups in total. The van der Waals surface area contributed by atoms with Crippen LogP contribution in [0.1, 0.15) is 12.5 Å². The lowest BCUT2D eigenvalue weighted by Gasteiger charge is -2.17. The summed E-state index contributed by atoms with van der Waals surface area (Å²) in [6.07, 6.45) is 0. The van der Waals surface area contributed by atoms with Gasteiger partial charge in [-0.05, 0) is 30.7 Å². The first kappa shape index (κ1) is 14.4. The molecule has 0 unspecified atom stereocenters. The Balaban J connectivity index is 2.32. The third-order valence-corrected chi connectivity index (χ3v) is 5.97. The zero-order chi connectivity index (χ0) is 14.0. The van der Waals surface area contributed by atoms with E-state index in [0.29, 0.717) is 28.6 Å². The molecule has 1 heterocycles. The van der Waals surface area contributed by atoms with Crippen molar-refractivity contribution < 1.29 is 13.2 Å². The van der Waals surface area contributed by atoms with Gasteiger partial charge in [-0.2, -0.15) is 4.31 Å². The van der Waals surface area contributed by atoms with Crippen LogP contribution in [0.25, 0.3) is 0 Å². The van der Waals surface area contributed by atoms with Crippen LogP contribution in [0.3, 0.4) is 0 Å². The molecule has 0 saturated carbocycles. The molecule has 5 nitrogen and oxygen atoms in total. The van der Waals surface area contributed by atoms with E-state index in [2.05, 4.69) is 5.32 Å². The number of nitrogens with zero attached hydrogens (tertiary/aromatic N) is 1. The van der Waals surface area contributed by atoms with Crippen molar-refractivity contribution in [2.45, 2.75) is 18.7 Å². The number of benzene rings is 1. The molecule has 1 saturated heterocycles. The third-order valence-electron chi connectivity index (χ3n) is 2.83. The highest BCUT2D eigenvalue weighted by Crippen LogP contribution is 2.27. The molecule has 1 aliphatic rings. The molecule has 0 bridgehead atoms. The molecule has 19 heavy (non-hydrogen) atoms. The van der Waals surface area contributed by atoms with Gasteiger partial charge in [0.25, 0.3) is 0 Å². The van der Waals surface area contributed by atoms with E-state index in [4.69, 9.17) is 0 Å². The van der Waals surface area contributed by atoms with E-state index in [1.807, 2.05) is 0 Å². The van der Waals surface area contributed by atoms with Gasteiger partial charge in [0.1, 0.15) is 0 Å². The maximum atomic E-state index is 12.4. The monoisotopic (exact) mass is 300 g/mol. The number of thioether (sulfide) groups is 1. The van der Waals surface area contributed by atoms with Crippen LogP contribution in [0.15, 0.2) is 23.1 Å². The molecule has 104 valence electrons. The Labute approximate surface area is 117 Å². The second-order valence-electron chi connectivity index (χ2n) is 4.38. The highest BCUT2D eigenvalue weighted by molar-refractivity contribution is 8.00. The zero-order valence-corrected chi connectivity index (χ0v) is 12.5. The number of carbonyl (C=O) groups excluding carboxylic acids is 1. The Hall–Kier alpha value is -1.05. The summed E-state index contributed by atoms with van der Waals surface area (Å²) in [5.41, 5.74) is 1.25. The highest BCUT2D eigenvalue weighted by Gasteiger charge is 2.28. The van der Waals surface area contributed by atoms with Gasteiger partial charge in [0.05, 0.1) is 10.8 Å². The Morgan fingerprint density at radius 1 is 1.42 bits per heavy atom.